The van der Waals surface area contributed by atoms with Crippen molar-refractivity contribution in [2.45, 2.75) is 13.3 Å². The molecule has 0 aliphatic heterocycles. The molecule has 0 radical (unpaired) electrons. The van der Waals surface area contributed by atoms with Crippen molar-refractivity contribution in [3.8, 4) is 0 Å². The van der Waals surface area contributed by atoms with Crippen LogP contribution in [0.25, 0.3) is 0 Å². The van der Waals surface area contributed by atoms with Gasteiger partial charge in [-0.2, -0.15) is 0 Å². The average molecular weight is 286 g/mol. The van der Waals surface area contributed by atoms with Crippen molar-refractivity contribution in [1.82, 2.24) is 0 Å². The zero-order valence-corrected chi connectivity index (χ0v) is 11.4. The van der Waals surface area contributed by atoms with Crippen LogP contribution in [0.3, 0.4) is 0 Å². The van der Waals surface area contributed by atoms with Crippen LogP contribution in [0.2, 0.25) is 0 Å². The first kappa shape index (κ1) is 13.0. The number of ether oxygens (including phenoxy) is 1. The van der Waals surface area contributed by atoms with E-state index < -0.39 is 0 Å². The number of methoxy groups -OCH3 is 1. The molecule has 1 aromatic carbocycles. The maximum Gasteiger partial charge on any atom is 0.307 e. The Bertz CT molecular complexity index is 379. The van der Waals surface area contributed by atoms with E-state index >= 15 is 0 Å². The molecule has 1 rings (SSSR count). The standard InChI is InChI=1S/C12H16BrNO2/c1-9-4-5-10(8-11(9)13)14(2)7-6-12(15)16-3/h4-5,8H,6-7H2,1-3H3. The van der Waals surface area contributed by atoms with Gasteiger partial charge in [0.1, 0.15) is 0 Å². The third kappa shape index (κ3) is 3.52. The lowest BCUT2D eigenvalue weighted by atomic mass is 10.2. The number of halogens is 1. The number of carbonyl (C=O) groups is 1. The lowest BCUT2D eigenvalue weighted by molar-refractivity contribution is -0.140. The van der Waals surface area contributed by atoms with E-state index in [9.17, 15) is 4.79 Å². The minimum absolute atomic E-state index is 0.182. The molecule has 0 aliphatic rings. The number of nitrogens with zero attached hydrogens (tertiary/aromatic N) is 1. The van der Waals surface area contributed by atoms with Gasteiger partial charge in [-0.05, 0) is 24.6 Å². The van der Waals surface area contributed by atoms with Gasteiger partial charge in [0.05, 0.1) is 13.5 Å². The van der Waals surface area contributed by atoms with E-state index in [1.165, 1.54) is 12.7 Å². The minimum atomic E-state index is -0.182. The smallest absolute Gasteiger partial charge is 0.307 e. The Labute approximate surface area is 105 Å². The highest BCUT2D eigenvalue weighted by molar-refractivity contribution is 9.10. The lowest BCUT2D eigenvalue weighted by Crippen LogP contribution is -2.21. The molecule has 0 bridgehead atoms. The molecule has 4 heteroatoms. The minimum Gasteiger partial charge on any atom is -0.469 e. The van der Waals surface area contributed by atoms with Crippen molar-refractivity contribution in [3.05, 3.63) is 28.2 Å². The van der Waals surface area contributed by atoms with Crippen LogP contribution < -0.4 is 4.90 Å². The molecule has 0 atom stereocenters. The van der Waals surface area contributed by atoms with Crippen LogP contribution in [0.1, 0.15) is 12.0 Å². The Hall–Kier alpha value is -1.03. The van der Waals surface area contributed by atoms with E-state index in [4.69, 9.17) is 0 Å². The second-order valence-electron chi connectivity index (χ2n) is 3.68. The van der Waals surface area contributed by atoms with E-state index in [1.54, 1.807) is 0 Å². The fourth-order valence-electron chi connectivity index (χ4n) is 1.31. The van der Waals surface area contributed by atoms with Crippen LogP contribution in [0.5, 0.6) is 0 Å². The summed E-state index contributed by atoms with van der Waals surface area (Å²) in [6.07, 6.45) is 0.401. The predicted molar refractivity (Wildman–Crippen MR) is 68.8 cm³/mol. The number of aryl methyl sites for hydroxylation is 1. The number of hydrogen-bond donors (Lipinski definition) is 0. The van der Waals surface area contributed by atoms with Gasteiger partial charge < -0.3 is 9.64 Å². The summed E-state index contributed by atoms with van der Waals surface area (Å²) >= 11 is 3.49. The molecule has 16 heavy (non-hydrogen) atoms. The van der Waals surface area contributed by atoms with Crippen LogP contribution in [-0.4, -0.2) is 26.7 Å². The molecule has 0 fully saturated rings. The van der Waals surface area contributed by atoms with Crippen molar-refractivity contribution in [1.29, 1.82) is 0 Å². The Morgan fingerprint density at radius 2 is 2.19 bits per heavy atom. The van der Waals surface area contributed by atoms with Crippen molar-refractivity contribution in [2.75, 3.05) is 25.6 Å². The highest BCUT2D eigenvalue weighted by Gasteiger charge is 2.06. The molecule has 0 N–H and O–H groups in total. The number of rotatable bonds is 4. The summed E-state index contributed by atoms with van der Waals surface area (Å²) in [6.45, 7) is 2.70. The molecule has 0 saturated carbocycles. The fraction of sp³-hybridized carbons (Fsp3) is 0.417. The van der Waals surface area contributed by atoms with Gasteiger partial charge in [0, 0.05) is 23.8 Å². The molecule has 88 valence electrons. The third-order valence-corrected chi connectivity index (χ3v) is 3.33. The van der Waals surface area contributed by atoms with E-state index in [-0.39, 0.29) is 5.97 Å². The van der Waals surface area contributed by atoms with Crippen molar-refractivity contribution >= 4 is 27.6 Å². The highest BCUT2D eigenvalue weighted by Crippen LogP contribution is 2.22. The highest BCUT2D eigenvalue weighted by atomic mass is 79.9. The fourth-order valence-corrected chi connectivity index (χ4v) is 1.68. The Morgan fingerprint density at radius 3 is 2.75 bits per heavy atom. The Kier molecular flexibility index (Phi) is 4.80. The largest absolute Gasteiger partial charge is 0.469 e. The van der Waals surface area contributed by atoms with Crippen LogP contribution in [0.15, 0.2) is 22.7 Å². The first-order chi connectivity index (χ1) is 7.54. The summed E-state index contributed by atoms with van der Waals surface area (Å²) in [4.78, 5) is 13.0. The van der Waals surface area contributed by atoms with Crippen LogP contribution in [0.4, 0.5) is 5.69 Å². The number of benzene rings is 1. The zero-order chi connectivity index (χ0) is 12.1. The summed E-state index contributed by atoms with van der Waals surface area (Å²) in [5.41, 5.74) is 2.28. The van der Waals surface area contributed by atoms with Gasteiger partial charge in [0.2, 0.25) is 0 Å². The quantitative estimate of drug-likeness (QED) is 0.797. The SMILES string of the molecule is COC(=O)CCN(C)c1ccc(C)c(Br)c1. The molecule has 1 aromatic rings. The first-order valence-electron chi connectivity index (χ1n) is 5.08. The van der Waals surface area contributed by atoms with Crippen LogP contribution >= 0.6 is 15.9 Å². The van der Waals surface area contributed by atoms with Gasteiger partial charge in [-0.3, -0.25) is 4.79 Å². The van der Waals surface area contributed by atoms with E-state index in [0.717, 1.165) is 10.2 Å². The summed E-state index contributed by atoms with van der Waals surface area (Å²) in [5, 5.41) is 0. The molecule has 0 heterocycles. The van der Waals surface area contributed by atoms with E-state index in [1.807, 2.05) is 37.1 Å². The number of carbonyl (C=O) groups excluding carboxylic acids is 1. The second kappa shape index (κ2) is 5.89. The number of anilines is 1. The molecule has 0 aromatic heterocycles. The third-order valence-electron chi connectivity index (χ3n) is 2.48. The topological polar surface area (TPSA) is 29.5 Å². The van der Waals surface area contributed by atoms with Gasteiger partial charge in [-0.1, -0.05) is 22.0 Å². The summed E-state index contributed by atoms with van der Waals surface area (Å²) in [7, 11) is 3.37. The van der Waals surface area contributed by atoms with Crippen LogP contribution in [-0.2, 0) is 9.53 Å². The summed E-state index contributed by atoms with van der Waals surface area (Å²) in [5.74, 6) is -0.182. The number of esters is 1. The van der Waals surface area contributed by atoms with Gasteiger partial charge >= 0.3 is 5.97 Å². The normalized spacial score (nSPS) is 10.0. The predicted octanol–water partition coefficient (Wildman–Crippen LogP) is 2.76. The molecule has 3 nitrogen and oxygen atoms in total. The van der Waals surface area contributed by atoms with Crippen molar-refractivity contribution in [3.63, 3.8) is 0 Å². The van der Waals surface area contributed by atoms with Crippen LogP contribution in [0, 0.1) is 6.92 Å². The molecule has 0 amide bonds. The summed E-state index contributed by atoms with van der Waals surface area (Å²) in [6, 6.07) is 6.14. The van der Waals surface area contributed by atoms with Crippen molar-refractivity contribution < 1.29 is 9.53 Å². The molecular weight excluding hydrogens is 270 g/mol. The average Bonchev–Trinajstić information content (AvgIpc) is 2.29. The molecular formula is C12H16BrNO2. The van der Waals surface area contributed by atoms with E-state index in [2.05, 4.69) is 20.7 Å². The van der Waals surface area contributed by atoms with Gasteiger partial charge in [-0.15, -0.1) is 0 Å². The van der Waals surface area contributed by atoms with E-state index in [0.29, 0.717) is 13.0 Å². The number of hydrogen-bond acceptors (Lipinski definition) is 3. The lowest BCUT2D eigenvalue weighted by Gasteiger charge is -2.19. The van der Waals surface area contributed by atoms with Gasteiger partial charge in [0.25, 0.3) is 0 Å². The monoisotopic (exact) mass is 285 g/mol. The maximum absolute atomic E-state index is 11.0. The maximum atomic E-state index is 11.0. The Morgan fingerprint density at radius 1 is 1.50 bits per heavy atom. The summed E-state index contributed by atoms with van der Waals surface area (Å²) < 4.78 is 5.68. The first-order valence-corrected chi connectivity index (χ1v) is 5.88. The molecule has 0 spiro atoms. The van der Waals surface area contributed by atoms with Gasteiger partial charge in [-0.25, -0.2) is 0 Å². The molecule has 0 aliphatic carbocycles. The van der Waals surface area contributed by atoms with Crippen molar-refractivity contribution in [2.24, 2.45) is 0 Å². The second-order valence-corrected chi connectivity index (χ2v) is 4.54. The Balaban J connectivity index is 2.62. The molecule has 0 unspecified atom stereocenters. The van der Waals surface area contributed by atoms with Gasteiger partial charge in [0.15, 0.2) is 0 Å². The molecule has 0 saturated heterocycles. The zero-order valence-electron chi connectivity index (χ0n) is 9.79.